The van der Waals surface area contributed by atoms with Crippen LogP contribution in [0.1, 0.15) is 41.5 Å². The van der Waals surface area contributed by atoms with E-state index in [0.29, 0.717) is 0 Å². The molecule has 0 rings (SSSR count). The van der Waals surface area contributed by atoms with Gasteiger partial charge in [-0.3, -0.25) is 9.59 Å². The predicted octanol–water partition coefficient (Wildman–Crippen LogP) is 1.09. The number of carbonyl (C=O) groups is 2. The van der Waals surface area contributed by atoms with E-state index in [1.54, 1.807) is 6.92 Å². The van der Waals surface area contributed by atoms with Crippen LogP contribution in [0.25, 0.3) is 0 Å². The van der Waals surface area contributed by atoms with E-state index < -0.39 is 17.5 Å². The van der Waals surface area contributed by atoms with Crippen LogP contribution in [-0.2, 0) is 9.59 Å². The second-order valence-electron chi connectivity index (χ2n) is 5.63. The number of Topliss-reactive ketones (excluding diaryl/α,β-unsaturated/α-hetero) is 1. The molecule has 1 amide bonds. The van der Waals surface area contributed by atoms with Crippen molar-refractivity contribution >= 4 is 11.7 Å². The fourth-order valence-corrected chi connectivity index (χ4v) is 1.29. The fourth-order valence-electron chi connectivity index (χ4n) is 1.29. The van der Waals surface area contributed by atoms with Crippen LogP contribution < -0.4 is 11.1 Å². The summed E-state index contributed by atoms with van der Waals surface area (Å²) in [6, 6.07) is -1.05. The van der Waals surface area contributed by atoms with E-state index in [4.69, 9.17) is 5.73 Å². The molecule has 2 unspecified atom stereocenters. The fraction of sp³-hybridized carbons (Fsp3) is 0.833. The third-order valence-corrected chi connectivity index (χ3v) is 2.40. The van der Waals surface area contributed by atoms with Gasteiger partial charge in [-0.25, -0.2) is 0 Å². The molecule has 0 saturated heterocycles. The lowest BCUT2D eigenvalue weighted by molar-refractivity contribution is -0.133. The highest BCUT2D eigenvalue weighted by Crippen LogP contribution is 2.20. The van der Waals surface area contributed by atoms with Gasteiger partial charge in [0.05, 0.1) is 12.1 Å². The third-order valence-electron chi connectivity index (χ3n) is 2.40. The Morgan fingerprint density at radius 3 is 1.81 bits per heavy atom. The zero-order chi connectivity index (χ0) is 13.1. The molecule has 0 aliphatic carbocycles. The molecule has 0 aromatic rings. The second kappa shape index (κ2) is 5.43. The first-order valence-corrected chi connectivity index (χ1v) is 5.67. The van der Waals surface area contributed by atoms with Crippen molar-refractivity contribution in [3.8, 4) is 0 Å². The normalized spacial score (nSPS) is 15.8. The van der Waals surface area contributed by atoms with Crippen molar-refractivity contribution in [2.24, 2.45) is 17.1 Å². The van der Waals surface area contributed by atoms with Gasteiger partial charge in [-0.05, 0) is 12.8 Å². The lowest BCUT2D eigenvalue weighted by Crippen LogP contribution is -2.52. The zero-order valence-corrected chi connectivity index (χ0v) is 11.1. The van der Waals surface area contributed by atoms with Crippen LogP contribution in [0.5, 0.6) is 0 Å². The van der Waals surface area contributed by atoms with Crippen molar-refractivity contribution in [1.29, 1.82) is 0 Å². The van der Waals surface area contributed by atoms with E-state index in [-0.39, 0.29) is 17.6 Å². The van der Waals surface area contributed by atoms with E-state index in [1.165, 1.54) is 0 Å². The lowest BCUT2D eigenvalue weighted by Gasteiger charge is -2.28. The quantitative estimate of drug-likeness (QED) is 0.756. The van der Waals surface area contributed by atoms with Crippen LogP contribution in [0.4, 0.5) is 0 Å². The van der Waals surface area contributed by atoms with Crippen LogP contribution in [-0.4, -0.2) is 23.8 Å². The van der Waals surface area contributed by atoms with Gasteiger partial charge in [0.25, 0.3) is 0 Å². The summed E-state index contributed by atoms with van der Waals surface area (Å²) in [5, 5.41) is 2.71. The molecule has 0 fully saturated rings. The number of nitrogens with two attached hydrogens (primary N) is 1. The number of ketones is 1. The number of amides is 1. The summed E-state index contributed by atoms with van der Waals surface area (Å²) in [5.74, 6) is -0.178. The minimum absolute atomic E-state index is 0.0384. The number of hydrogen-bond donors (Lipinski definition) is 2. The molecule has 0 aromatic carbocycles. The van der Waals surface area contributed by atoms with Gasteiger partial charge >= 0.3 is 0 Å². The van der Waals surface area contributed by atoms with Gasteiger partial charge in [-0.2, -0.15) is 0 Å². The van der Waals surface area contributed by atoms with Gasteiger partial charge < -0.3 is 11.1 Å². The summed E-state index contributed by atoms with van der Waals surface area (Å²) in [6.07, 6.45) is 0. The van der Waals surface area contributed by atoms with Gasteiger partial charge in [0, 0.05) is 5.41 Å². The van der Waals surface area contributed by atoms with Crippen LogP contribution in [0.2, 0.25) is 0 Å². The molecule has 0 heterocycles. The molecular formula is C12H24N2O2. The highest BCUT2D eigenvalue weighted by atomic mass is 16.2. The van der Waals surface area contributed by atoms with E-state index in [1.807, 2.05) is 34.6 Å². The van der Waals surface area contributed by atoms with Crippen molar-refractivity contribution < 1.29 is 9.59 Å². The monoisotopic (exact) mass is 228 g/mol. The maximum atomic E-state index is 12.1. The highest BCUT2D eigenvalue weighted by molar-refractivity contribution is 5.93. The SMILES string of the molecule is CC(N)C(=O)NC(C(=O)C(C)(C)C)C(C)C. The molecule has 2 atom stereocenters. The van der Waals surface area contributed by atoms with Gasteiger partial charge in [0.15, 0.2) is 5.78 Å². The van der Waals surface area contributed by atoms with Gasteiger partial charge in [-0.15, -0.1) is 0 Å². The number of hydrogen-bond acceptors (Lipinski definition) is 3. The first kappa shape index (κ1) is 15.1. The van der Waals surface area contributed by atoms with Crippen molar-refractivity contribution in [3.05, 3.63) is 0 Å². The smallest absolute Gasteiger partial charge is 0.237 e. The van der Waals surface area contributed by atoms with Crippen LogP contribution in [0, 0.1) is 11.3 Å². The molecule has 4 nitrogen and oxygen atoms in total. The van der Waals surface area contributed by atoms with Crippen molar-refractivity contribution in [3.63, 3.8) is 0 Å². The largest absolute Gasteiger partial charge is 0.345 e. The summed E-state index contributed by atoms with van der Waals surface area (Å²) < 4.78 is 0. The Hall–Kier alpha value is -0.900. The van der Waals surface area contributed by atoms with Gasteiger partial charge in [-0.1, -0.05) is 34.6 Å². The third kappa shape index (κ3) is 4.31. The Labute approximate surface area is 98.0 Å². The average molecular weight is 228 g/mol. The van der Waals surface area contributed by atoms with Crippen LogP contribution in [0.3, 0.4) is 0 Å². The first-order valence-electron chi connectivity index (χ1n) is 5.67. The molecule has 0 aromatic heterocycles. The molecule has 4 heteroatoms. The molecule has 0 aliphatic rings. The first-order chi connectivity index (χ1) is 7.07. The maximum absolute atomic E-state index is 12.1. The van der Waals surface area contributed by atoms with E-state index in [0.717, 1.165) is 0 Å². The Kier molecular flexibility index (Phi) is 5.13. The highest BCUT2D eigenvalue weighted by Gasteiger charge is 2.32. The van der Waals surface area contributed by atoms with Crippen LogP contribution in [0.15, 0.2) is 0 Å². The summed E-state index contributed by atoms with van der Waals surface area (Å²) in [5.41, 5.74) is 5.01. The standard InChI is InChI=1S/C12H24N2O2/c1-7(2)9(10(15)12(4,5)6)14-11(16)8(3)13/h7-9H,13H2,1-6H3,(H,14,16). The topological polar surface area (TPSA) is 72.2 Å². The number of nitrogens with one attached hydrogen (secondary N) is 1. The maximum Gasteiger partial charge on any atom is 0.237 e. The van der Waals surface area contributed by atoms with Gasteiger partial charge in [0.1, 0.15) is 0 Å². The number of carbonyl (C=O) groups excluding carboxylic acids is 2. The number of rotatable bonds is 4. The van der Waals surface area contributed by atoms with Gasteiger partial charge in [0.2, 0.25) is 5.91 Å². The summed E-state index contributed by atoms with van der Waals surface area (Å²) in [4.78, 5) is 23.6. The Morgan fingerprint density at radius 1 is 1.12 bits per heavy atom. The molecule has 0 spiro atoms. The molecule has 0 saturated carbocycles. The summed E-state index contributed by atoms with van der Waals surface area (Å²) in [6.45, 7) is 11.0. The van der Waals surface area contributed by atoms with Crippen molar-refractivity contribution in [1.82, 2.24) is 5.32 Å². The molecule has 3 N–H and O–H groups in total. The van der Waals surface area contributed by atoms with Crippen molar-refractivity contribution in [2.75, 3.05) is 0 Å². The van der Waals surface area contributed by atoms with E-state index >= 15 is 0 Å². The van der Waals surface area contributed by atoms with E-state index in [2.05, 4.69) is 5.32 Å². The summed E-state index contributed by atoms with van der Waals surface area (Å²) >= 11 is 0. The molecular weight excluding hydrogens is 204 g/mol. The minimum atomic E-state index is -0.589. The minimum Gasteiger partial charge on any atom is -0.345 e. The molecule has 16 heavy (non-hydrogen) atoms. The Balaban J connectivity index is 4.77. The Morgan fingerprint density at radius 2 is 1.56 bits per heavy atom. The molecule has 0 radical (unpaired) electrons. The summed E-state index contributed by atoms with van der Waals surface area (Å²) in [7, 11) is 0. The van der Waals surface area contributed by atoms with E-state index in [9.17, 15) is 9.59 Å². The Bertz CT molecular complexity index is 265. The molecule has 94 valence electrons. The molecule has 0 bridgehead atoms. The average Bonchev–Trinajstić information content (AvgIpc) is 2.10. The molecule has 0 aliphatic heterocycles. The van der Waals surface area contributed by atoms with Crippen molar-refractivity contribution in [2.45, 2.75) is 53.6 Å². The second-order valence-corrected chi connectivity index (χ2v) is 5.63. The predicted molar refractivity (Wildman–Crippen MR) is 64.9 cm³/mol. The lowest BCUT2D eigenvalue weighted by atomic mass is 9.82. The zero-order valence-electron chi connectivity index (χ0n) is 11.1. The van der Waals surface area contributed by atoms with Crippen LogP contribution >= 0.6 is 0 Å².